The first-order valence-corrected chi connectivity index (χ1v) is 2.56. The molecule has 0 aromatic heterocycles. The van der Waals surface area contributed by atoms with Crippen molar-refractivity contribution in [3.8, 4) is 0 Å². The van der Waals surface area contributed by atoms with E-state index in [0.717, 1.165) is 0 Å². The molecule has 0 fully saturated rings. The average molecular weight is 115 g/mol. The molecule has 0 heterocycles. The molecule has 0 saturated carbocycles. The van der Waals surface area contributed by atoms with Crippen LogP contribution in [0.2, 0.25) is 0 Å². The largest absolute Gasteiger partial charge is 0.315 e. The predicted molar refractivity (Wildman–Crippen MR) is 34.7 cm³/mol. The van der Waals surface area contributed by atoms with Crippen LogP contribution in [0.15, 0.2) is 12.7 Å². The fourth-order valence-corrected chi connectivity index (χ4v) is 0.315. The zero-order valence-corrected chi connectivity index (χ0v) is 5.17. The highest BCUT2D eigenvalue weighted by atomic mass is 15.4. The van der Waals surface area contributed by atoms with Crippen LogP contribution < -0.4 is 11.6 Å². The monoisotopic (exact) mass is 115 g/mol. The maximum absolute atomic E-state index is 5.38. The first kappa shape index (κ1) is 7.62. The Bertz CT molecular complexity index is 70.1. The minimum atomic E-state index is -0.0898. The van der Waals surface area contributed by atoms with E-state index in [1.807, 2.05) is 6.92 Å². The molecule has 0 bridgehead atoms. The molecule has 1 atom stereocenters. The van der Waals surface area contributed by atoms with Gasteiger partial charge in [-0.2, -0.15) is 0 Å². The van der Waals surface area contributed by atoms with E-state index in [1.54, 1.807) is 6.08 Å². The molecule has 48 valence electrons. The molecule has 3 heteroatoms. The van der Waals surface area contributed by atoms with E-state index in [1.165, 1.54) is 5.01 Å². The Balaban J connectivity index is 3.30. The molecule has 0 aromatic carbocycles. The highest BCUT2D eigenvalue weighted by molar-refractivity contribution is 4.70. The number of nitrogens with zero attached hydrogens (tertiary/aromatic N) is 1. The normalized spacial score (nSPS) is 14.0. The van der Waals surface area contributed by atoms with E-state index in [0.29, 0.717) is 6.54 Å². The Hall–Kier alpha value is -0.380. The molecule has 0 saturated heterocycles. The lowest BCUT2D eigenvalue weighted by Gasteiger charge is -2.17. The van der Waals surface area contributed by atoms with Crippen LogP contribution in [-0.4, -0.2) is 17.7 Å². The summed E-state index contributed by atoms with van der Waals surface area (Å²) < 4.78 is 0. The lowest BCUT2D eigenvalue weighted by atomic mass is 10.5. The van der Waals surface area contributed by atoms with Gasteiger partial charge in [-0.25, -0.2) is 5.01 Å². The second kappa shape index (κ2) is 3.60. The topological polar surface area (TPSA) is 55.3 Å². The number of hydrogen-bond donors (Lipinski definition) is 2. The van der Waals surface area contributed by atoms with Crippen molar-refractivity contribution in [2.24, 2.45) is 11.6 Å². The van der Waals surface area contributed by atoms with Crippen LogP contribution in [0.5, 0.6) is 0 Å². The summed E-state index contributed by atoms with van der Waals surface area (Å²) in [5.41, 5.74) is 5.38. The molecule has 0 aliphatic carbocycles. The van der Waals surface area contributed by atoms with Gasteiger partial charge >= 0.3 is 0 Å². The van der Waals surface area contributed by atoms with Gasteiger partial charge in [-0.15, -0.1) is 6.58 Å². The molecule has 0 spiro atoms. The maximum atomic E-state index is 5.38. The van der Waals surface area contributed by atoms with Crippen LogP contribution in [0.3, 0.4) is 0 Å². The summed E-state index contributed by atoms with van der Waals surface area (Å²) >= 11 is 0. The van der Waals surface area contributed by atoms with E-state index < -0.39 is 0 Å². The van der Waals surface area contributed by atoms with Crippen molar-refractivity contribution >= 4 is 0 Å². The highest BCUT2D eigenvalue weighted by Crippen LogP contribution is 1.80. The molecule has 8 heavy (non-hydrogen) atoms. The molecular formula is C5H13N3. The molecule has 0 aliphatic rings. The lowest BCUT2D eigenvalue weighted by molar-refractivity contribution is 0.243. The average Bonchev–Trinajstić information content (AvgIpc) is 1.67. The van der Waals surface area contributed by atoms with Gasteiger partial charge in [0.1, 0.15) is 0 Å². The number of hydrazine groups is 1. The second-order valence-electron chi connectivity index (χ2n) is 1.73. The molecule has 0 rings (SSSR count). The SMILES string of the molecule is C=CCN(N)[C@@H](C)N. The third-order valence-electron chi connectivity index (χ3n) is 0.863. The first-order valence-electron chi connectivity index (χ1n) is 2.56. The third-order valence-corrected chi connectivity index (χ3v) is 0.863. The van der Waals surface area contributed by atoms with Gasteiger partial charge in [-0.1, -0.05) is 6.08 Å². The summed E-state index contributed by atoms with van der Waals surface area (Å²) in [6.07, 6.45) is 1.62. The van der Waals surface area contributed by atoms with Crippen molar-refractivity contribution in [3.63, 3.8) is 0 Å². The van der Waals surface area contributed by atoms with E-state index >= 15 is 0 Å². The van der Waals surface area contributed by atoms with Crippen molar-refractivity contribution in [2.45, 2.75) is 13.1 Å². The molecule has 4 N–H and O–H groups in total. The highest BCUT2D eigenvalue weighted by Gasteiger charge is 1.98. The third kappa shape index (κ3) is 2.74. The van der Waals surface area contributed by atoms with Crippen LogP contribution in [0.4, 0.5) is 0 Å². The van der Waals surface area contributed by atoms with E-state index in [-0.39, 0.29) is 6.17 Å². The van der Waals surface area contributed by atoms with Crippen molar-refractivity contribution in [2.75, 3.05) is 6.54 Å². The summed E-state index contributed by atoms with van der Waals surface area (Å²) in [5, 5.41) is 1.51. The van der Waals surface area contributed by atoms with Crippen molar-refractivity contribution in [3.05, 3.63) is 12.7 Å². The Morgan fingerprint density at radius 3 is 2.50 bits per heavy atom. The minimum absolute atomic E-state index is 0.0898. The zero-order chi connectivity index (χ0) is 6.57. The Morgan fingerprint density at radius 1 is 1.88 bits per heavy atom. The summed E-state index contributed by atoms with van der Waals surface area (Å²) in [5.74, 6) is 5.36. The van der Waals surface area contributed by atoms with Gasteiger partial charge in [-0.3, -0.25) is 5.84 Å². The smallest absolute Gasteiger partial charge is 0.0680 e. The molecule has 0 aromatic rings. The summed E-state index contributed by atoms with van der Waals surface area (Å²) in [4.78, 5) is 0. The number of nitrogens with two attached hydrogens (primary N) is 2. The van der Waals surface area contributed by atoms with Gasteiger partial charge in [0.05, 0.1) is 6.17 Å². The molecular weight excluding hydrogens is 102 g/mol. The standard InChI is InChI=1S/C5H13N3/c1-3-4-8(7)5(2)6/h3,5H,1,4,6-7H2,2H3/t5-/m0/s1. The van der Waals surface area contributed by atoms with Crippen molar-refractivity contribution < 1.29 is 0 Å². The molecule has 0 unspecified atom stereocenters. The van der Waals surface area contributed by atoms with Gasteiger partial charge in [0.2, 0.25) is 0 Å². The summed E-state index contributed by atoms with van der Waals surface area (Å²) in [7, 11) is 0. The van der Waals surface area contributed by atoms with E-state index in [9.17, 15) is 0 Å². The maximum Gasteiger partial charge on any atom is 0.0680 e. The lowest BCUT2D eigenvalue weighted by Crippen LogP contribution is -2.44. The predicted octanol–water partition coefficient (Wildman–Crippen LogP) is -0.347. The van der Waals surface area contributed by atoms with E-state index in [2.05, 4.69) is 6.58 Å². The Kier molecular flexibility index (Phi) is 3.43. The first-order chi connectivity index (χ1) is 3.68. The van der Waals surface area contributed by atoms with Crippen LogP contribution in [0.25, 0.3) is 0 Å². The fraction of sp³-hybridized carbons (Fsp3) is 0.600. The van der Waals surface area contributed by atoms with Crippen LogP contribution in [-0.2, 0) is 0 Å². The number of rotatable bonds is 3. The van der Waals surface area contributed by atoms with Gasteiger partial charge in [0, 0.05) is 6.54 Å². The van der Waals surface area contributed by atoms with Crippen LogP contribution in [0, 0.1) is 0 Å². The van der Waals surface area contributed by atoms with Gasteiger partial charge < -0.3 is 5.73 Å². The minimum Gasteiger partial charge on any atom is -0.315 e. The quantitative estimate of drug-likeness (QED) is 0.229. The fourth-order valence-electron chi connectivity index (χ4n) is 0.315. The van der Waals surface area contributed by atoms with Crippen LogP contribution >= 0.6 is 0 Å². The number of hydrogen-bond acceptors (Lipinski definition) is 3. The summed E-state index contributed by atoms with van der Waals surface area (Å²) in [6, 6.07) is 0. The zero-order valence-electron chi connectivity index (χ0n) is 5.17. The van der Waals surface area contributed by atoms with Gasteiger partial charge in [-0.05, 0) is 6.92 Å². The van der Waals surface area contributed by atoms with E-state index in [4.69, 9.17) is 11.6 Å². The van der Waals surface area contributed by atoms with Crippen molar-refractivity contribution in [1.29, 1.82) is 0 Å². The molecule has 0 amide bonds. The van der Waals surface area contributed by atoms with Gasteiger partial charge in [0.15, 0.2) is 0 Å². The Morgan fingerprint density at radius 2 is 2.38 bits per heavy atom. The molecule has 0 aliphatic heterocycles. The van der Waals surface area contributed by atoms with Crippen LogP contribution in [0.1, 0.15) is 6.92 Å². The second-order valence-corrected chi connectivity index (χ2v) is 1.73. The molecule has 3 nitrogen and oxygen atoms in total. The van der Waals surface area contributed by atoms with Gasteiger partial charge in [0.25, 0.3) is 0 Å². The Labute approximate surface area is 49.9 Å². The van der Waals surface area contributed by atoms with Crippen molar-refractivity contribution in [1.82, 2.24) is 5.01 Å². The molecule has 0 radical (unpaired) electrons. The summed E-state index contributed by atoms with van der Waals surface area (Å²) in [6.45, 7) is 5.97.